The molecule has 4 aromatic carbocycles. The van der Waals surface area contributed by atoms with E-state index in [4.69, 9.17) is 0 Å². The lowest BCUT2D eigenvalue weighted by molar-refractivity contribution is 0.0980. The summed E-state index contributed by atoms with van der Waals surface area (Å²) < 4.78 is 0. The molecule has 0 atom stereocenters. The minimum absolute atomic E-state index is 0.151. The van der Waals surface area contributed by atoms with Crippen molar-refractivity contribution in [2.45, 2.75) is 39.5 Å². The van der Waals surface area contributed by atoms with Crippen LogP contribution in [0.1, 0.15) is 82.5 Å². The quantitative estimate of drug-likeness (QED) is 0.260. The predicted octanol–water partition coefficient (Wildman–Crippen LogP) is 8.20. The molecule has 0 aliphatic heterocycles. The maximum atomic E-state index is 13.8. The highest BCUT2D eigenvalue weighted by molar-refractivity contribution is 6.32. The molecule has 0 heterocycles. The van der Waals surface area contributed by atoms with Gasteiger partial charge in [-0.1, -0.05) is 76.2 Å². The van der Waals surface area contributed by atoms with Crippen LogP contribution in [0.25, 0.3) is 0 Å². The maximum Gasteiger partial charge on any atom is 0.196 e. The van der Waals surface area contributed by atoms with Gasteiger partial charge in [0, 0.05) is 22.5 Å². The standard InChI is InChI=1S/C32H30N2O2/c1-19(2)21-9-7-11-23(17-21)33-27-15-16-28(34-24-12-8-10-22(18-24)20(3)4)30-29(27)31(35)25-13-5-6-14-26(25)32(30)36/h5-20,33-34H,1-4H3. The second-order valence-electron chi connectivity index (χ2n) is 9.92. The minimum atomic E-state index is -0.151. The summed E-state index contributed by atoms with van der Waals surface area (Å²) >= 11 is 0. The molecule has 0 bridgehead atoms. The Morgan fingerprint density at radius 3 is 1.33 bits per heavy atom. The van der Waals surface area contributed by atoms with E-state index in [0.29, 0.717) is 45.5 Å². The van der Waals surface area contributed by atoms with Gasteiger partial charge in [0.25, 0.3) is 0 Å². The Morgan fingerprint density at radius 2 is 0.944 bits per heavy atom. The zero-order valence-corrected chi connectivity index (χ0v) is 21.1. The molecule has 2 N–H and O–H groups in total. The molecule has 4 aromatic rings. The largest absolute Gasteiger partial charge is 0.355 e. The molecule has 0 fully saturated rings. The Balaban J connectivity index is 1.63. The molecular formula is C32H30N2O2. The molecule has 0 unspecified atom stereocenters. The normalized spacial score (nSPS) is 12.5. The lowest BCUT2D eigenvalue weighted by atomic mass is 9.82. The van der Waals surface area contributed by atoms with Crippen molar-refractivity contribution in [2.75, 3.05) is 10.6 Å². The van der Waals surface area contributed by atoms with Gasteiger partial charge in [-0.15, -0.1) is 0 Å². The van der Waals surface area contributed by atoms with Crippen LogP contribution in [0, 0.1) is 0 Å². The van der Waals surface area contributed by atoms with Crippen LogP contribution < -0.4 is 10.6 Å². The summed E-state index contributed by atoms with van der Waals surface area (Å²) in [6.45, 7) is 8.59. The van der Waals surface area contributed by atoms with Gasteiger partial charge in [0.1, 0.15) is 0 Å². The van der Waals surface area contributed by atoms with Crippen LogP contribution in [-0.4, -0.2) is 11.6 Å². The highest BCUT2D eigenvalue weighted by Crippen LogP contribution is 2.39. The molecule has 36 heavy (non-hydrogen) atoms. The van der Waals surface area contributed by atoms with Crippen molar-refractivity contribution >= 4 is 34.3 Å². The Bertz CT molecular complexity index is 1370. The van der Waals surface area contributed by atoms with Crippen LogP contribution >= 0.6 is 0 Å². The van der Waals surface area contributed by atoms with Gasteiger partial charge in [0.05, 0.1) is 22.5 Å². The summed E-state index contributed by atoms with van der Waals surface area (Å²) in [6, 6.07) is 27.1. The average Bonchev–Trinajstić information content (AvgIpc) is 2.88. The summed E-state index contributed by atoms with van der Waals surface area (Å²) in [5, 5.41) is 6.85. The van der Waals surface area contributed by atoms with Crippen molar-refractivity contribution in [1.29, 1.82) is 0 Å². The third-order valence-electron chi connectivity index (χ3n) is 6.74. The smallest absolute Gasteiger partial charge is 0.196 e. The fraction of sp³-hybridized carbons (Fsp3) is 0.188. The summed E-state index contributed by atoms with van der Waals surface area (Å²) in [5.74, 6) is 0.456. The summed E-state index contributed by atoms with van der Waals surface area (Å²) in [5.41, 5.74) is 7.09. The number of benzene rings is 4. The first-order chi connectivity index (χ1) is 17.3. The highest BCUT2D eigenvalue weighted by atomic mass is 16.1. The van der Waals surface area contributed by atoms with E-state index in [9.17, 15) is 9.59 Å². The predicted molar refractivity (Wildman–Crippen MR) is 147 cm³/mol. The third kappa shape index (κ3) is 4.31. The zero-order valence-electron chi connectivity index (χ0n) is 21.1. The number of fused-ring (bicyclic) bond motifs is 2. The van der Waals surface area contributed by atoms with Crippen LogP contribution in [-0.2, 0) is 0 Å². The molecule has 0 saturated heterocycles. The number of hydrogen-bond donors (Lipinski definition) is 2. The van der Waals surface area contributed by atoms with Gasteiger partial charge < -0.3 is 10.6 Å². The molecule has 0 amide bonds. The van der Waals surface area contributed by atoms with Gasteiger partial charge in [-0.2, -0.15) is 0 Å². The number of anilines is 4. The monoisotopic (exact) mass is 474 g/mol. The molecule has 0 saturated carbocycles. The van der Waals surface area contributed by atoms with Crippen molar-refractivity contribution in [1.82, 2.24) is 0 Å². The van der Waals surface area contributed by atoms with E-state index in [1.165, 1.54) is 11.1 Å². The van der Waals surface area contributed by atoms with E-state index in [-0.39, 0.29) is 11.6 Å². The number of hydrogen-bond acceptors (Lipinski definition) is 4. The molecule has 1 aliphatic rings. The minimum Gasteiger partial charge on any atom is -0.355 e. The van der Waals surface area contributed by atoms with Crippen LogP contribution in [0.2, 0.25) is 0 Å². The Hall–Kier alpha value is -4.18. The second kappa shape index (κ2) is 9.46. The van der Waals surface area contributed by atoms with E-state index in [1.807, 2.05) is 36.4 Å². The summed E-state index contributed by atoms with van der Waals surface area (Å²) in [7, 11) is 0. The SMILES string of the molecule is CC(C)c1cccc(Nc2ccc(Nc3cccc(C(C)C)c3)c3c2C(=O)c2ccccc2C3=O)c1. The summed E-state index contributed by atoms with van der Waals surface area (Å²) in [4.78, 5) is 27.5. The van der Waals surface area contributed by atoms with E-state index in [0.717, 1.165) is 11.4 Å². The van der Waals surface area contributed by atoms with Gasteiger partial charge >= 0.3 is 0 Å². The van der Waals surface area contributed by atoms with Crippen molar-refractivity contribution in [3.05, 3.63) is 118 Å². The van der Waals surface area contributed by atoms with Gasteiger partial charge in [0.2, 0.25) is 0 Å². The lowest BCUT2D eigenvalue weighted by Gasteiger charge is -2.24. The van der Waals surface area contributed by atoms with Crippen molar-refractivity contribution in [3.8, 4) is 0 Å². The molecule has 4 nitrogen and oxygen atoms in total. The fourth-order valence-corrected chi connectivity index (χ4v) is 4.69. The van der Waals surface area contributed by atoms with E-state index < -0.39 is 0 Å². The third-order valence-corrected chi connectivity index (χ3v) is 6.74. The Labute approximate surface area is 212 Å². The van der Waals surface area contributed by atoms with E-state index in [1.54, 1.807) is 24.3 Å². The van der Waals surface area contributed by atoms with Gasteiger partial charge in [-0.3, -0.25) is 9.59 Å². The maximum absolute atomic E-state index is 13.8. The second-order valence-corrected chi connectivity index (χ2v) is 9.92. The average molecular weight is 475 g/mol. The van der Waals surface area contributed by atoms with E-state index in [2.05, 4.69) is 62.6 Å². The van der Waals surface area contributed by atoms with Gasteiger partial charge in [0.15, 0.2) is 11.6 Å². The molecule has 5 rings (SSSR count). The molecular weight excluding hydrogens is 444 g/mol. The first-order valence-electron chi connectivity index (χ1n) is 12.4. The van der Waals surface area contributed by atoms with Crippen molar-refractivity contribution in [3.63, 3.8) is 0 Å². The number of carbonyl (C=O) groups is 2. The topological polar surface area (TPSA) is 58.2 Å². The number of carbonyl (C=O) groups excluding carboxylic acids is 2. The highest BCUT2D eigenvalue weighted by Gasteiger charge is 2.34. The number of rotatable bonds is 6. The Morgan fingerprint density at radius 1 is 0.528 bits per heavy atom. The van der Waals surface area contributed by atoms with E-state index >= 15 is 0 Å². The first kappa shape index (κ1) is 23.6. The van der Waals surface area contributed by atoms with Gasteiger partial charge in [-0.25, -0.2) is 0 Å². The molecule has 0 spiro atoms. The number of ketones is 2. The molecule has 180 valence electrons. The van der Waals surface area contributed by atoms with Crippen molar-refractivity contribution in [2.24, 2.45) is 0 Å². The molecule has 1 aliphatic carbocycles. The first-order valence-corrected chi connectivity index (χ1v) is 12.4. The lowest BCUT2D eigenvalue weighted by Crippen LogP contribution is -2.23. The zero-order chi connectivity index (χ0) is 25.4. The number of nitrogens with one attached hydrogen (secondary N) is 2. The van der Waals surface area contributed by atoms with Gasteiger partial charge in [-0.05, 0) is 59.4 Å². The van der Waals surface area contributed by atoms with Crippen LogP contribution in [0.5, 0.6) is 0 Å². The fourth-order valence-electron chi connectivity index (χ4n) is 4.69. The Kier molecular flexibility index (Phi) is 6.19. The van der Waals surface area contributed by atoms with Crippen LogP contribution in [0.3, 0.4) is 0 Å². The summed E-state index contributed by atoms with van der Waals surface area (Å²) in [6.07, 6.45) is 0. The van der Waals surface area contributed by atoms with Crippen molar-refractivity contribution < 1.29 is 9.59 Å². The molecule has 0 radical (unpaired) electrons. The van der Waals surface area contributed by atoms with Crippen LogP contribution in [0.4, 0.5) is 22.7 Å². The molecule has 4 heteroatoms. The molecule has 0 aromatic heterocycles. The van der Waals surface area contributed by atoms with Crippen LogP contribution in [0.15, 0.2) is 84.9 Å².